The van der Waals surface area contributed by atoms with E-state index in [-0.39, 0.29) is 17.2 Å². The summed E-state index contributed by atoms with van der Waals surface area (Å²) in [4.78, 5) is 16.8. The SMILES string of the molecule is CC1(C)CC(=O)C2=C(C1)Nc1ccccc1N(C(=S)Nc1ccccc1)[C@@H]2c1ccc(Br)s1. The molecule has 5 rings (SSSR count). The second kappa shape index (κ2) is 8.70. The molecular weight excluding hydrogens is 514 g/mol. The van der Waals surface area contributed by atoms with Gasteiger partial charge in [-0.05, 0) is 76.4 Å². The average Bonchev–Trinajstić information content (AvgIpc) is 3.13. The van der Waals surface area contributed by atoms with Gasteiger partial charge in [0.15, 0.2) is 10.9 Å². The summed E-state index contributed by atoms with van der Waals surface area (Å²) in [5, 5.41) is 7.58. The van der Waals surface area contributed by atoms with Crippen molar-refractivity contribution in [2.24, 2.45) is 5.41 Å². The lowest BCUT2D eigenvalue weighted by molar-refractivity contribution is -0.118. The fourth-order valence-corrected chi connectivity index (χ4v) is 6.51. The highest BCUT2D eigenvalue weighted by Crippen LogP contribution is 2.49. The molecule has 0 unspecified atom stereocenters. The summed E-state index contributed by atoms with van der Waals surface area (Å²) in [7, 11) is 0. The van der Waals surface area contributed by atoms with Gasteiger partial charge in [0.25, 0.3) is 0 Å². The van der Waals surface area contributed by atoms with E-state index >= 15 is 0 Å². The first kappa shape index (κ1) is 22.3. The highest BCUT2D eigenvalue weighted by Gasteiger charge is 2.43. The van der Waals surface area contributed by atoms with Crippen LogP contribution in [0.25, 0.3) is 0 Å². The molecule has 2 heterocycles. The molecule has 0 saturated carbocycles. The van der Waals surface area contributed by atoms with Gasteiger partial charge in [0.2, 0.25) is 0 Å². The minimum atomic E-state index is -0.320. The lowest BCUT2D eigenvalue weighted by Crippen LogP contribution is -2.41. The van der Waals surface area contributed by atoms with Crippen LogP contribution in [-0.4, -0.2) is 10.9 Å². The van der Waals surface area contributed by atoms with E-state index in [2.05, 4.69) is 63.5 Å². The average molecular weight is 539 g/mol. The molecule has 0 bridgehead atoms. The maximum Gasteiger partial charge on any atom is 0.178 e. The molecule has 1 aliphatic heterocycles. The van der Waals surface area contributed by atoms with Crippen molar-refractivity contribution in [3.05, 3.63) is 86.7 Å². The van der Waals surface area contributed by atoms with Crippen LogP contribution in [0.5, 0.6) is 0 Å². The molecule has 0 spiro atoms. The summed E-state index contributed by atoms with van der Waals surface area (Å²) in [6.07, 6.45) is 1.32. The molecule has 2 aliphatic rings. The van der Waals surface area contributed by atoms with Gasteiger partial charge in [-0.1, -0.05) is 44.2 Å². The van der Waals surface area contributed by atoms with Crippen LogP contribution >= 0.6 is 39.5 Å². The van der Waals surface area contributed by atoms with E-state index in [1.165, 1.54) is 0 Å². The quantitative estimate of drug-likeness (QED) is 0.331. The molecule has 1 atom stereocenters. The first-order valence-electron chi connectivity index (χ1n) is 10.9. The van der Waals surface area contributed by atoms with Crippen LogP contribution in [0.3, 0.4) is 0 Å². The van der Waals surface area contributed by atoms with Gasteiger partial charge in [-0.25, -0.2) is 0 Å². The maximum absolute atomic E-state index is 13.7. The molecule has 0 radical (unpaired) electrons. The monoisotopic (exact) mass is 537 g/mol. The van der Waals surface area contributed by atoms with Crippen LogP contribution in [0.1, 0.15) is 37.6 Å². The van der Waals surface area contributed by atoms with E-state index in [1.54, 1.807) is 11.3 Å². The minimum Gasteiger partial charge on any atom is -0.357 e. The Balaban J connectivity index is 1.71. The predicted octanol–water partition coefficient (Wildman–Crippen LogP) is 7.52. The van der Waals surface area contributed by atoms with Crippen LogP contribution in [0.2, 0.25) is 0 Å². The fourth-order valence-electron chi connectivity index (χ4n) is 4.66. The highest BCUT2D eigenvalue weighted by atomic mass is 79.9. The molecule has 0 fully saturated rings. The van der Waals surface area contributed by atoms with E-state index in [1.807, 2.05) is 48.5 Å². The molecule has 0 saturated heterocycles. The van der Waals surface area contributed by atoms with Crippen LogP contribution in [0.15, 0.2) is 81.8 Å². The highest BCUT2D eigenvalue weighted by molar-refractivity contribution is 9.11. The number of nitrogens with zero attached hydrogens (tertiary/aromatic N) is 1. The normalized spacial score (nSPS) is 19.3. The number of ketones is 1. The number of carbonyl (C=O) groups excluding carboxylic acids is 1. The molecule has 3 aromatic rings. The number of anilines is 3. The van der Waals surface area contributed by atoms with E-state index < -0.39 is 0 Å². The van der Waals surface area contributed by atoms with Crippen molar-refractivity contribution >= 4 is 67.4 Å². The number of benzene rings is 2. The molecule has 4 nitrogen and oxygen atoms in total. The molecule has 33 heavy (non-hydrogen) atoms. The lowest BCUT2D eigenvalue weighted by Gasteiger charge is -2.37. The molecule has 1 aromatic heterocycles. The Hall–Kier alpha value is -2.48. The van der Waals surface area contributed by atoms with Gasteiger partial charge in [-0.15, -0.1) is 11.3 Å². The summed E-state index contributed by atoms with van der Waals surface area (Å²) in [5.74, 6) is 0.170. The summed E-state index contributed by atoms with van der Waals surface area (Å²) < 4.78 is 1.02. The summed E-state index contributed by atoms with van der Waals surface area (Å²) in [5.41, 5.74) is 4.50. The van der Waals surface area contributed by atoms with Crippen LogP contribution < -0.4 is 15.5 Å². The van der Waals surface area contributed by atoms with Crippen molar-refractivity contribution in [2.45, 2.75) is 32.7 Å². The second-order valence-corrected chi connectivity index (χ2v) is 12.1. The van der Waals surface area contributed by atoms with Gasteiger partial charge in [0.1, 0.15) is 6.04 Å². The zero-order valence-corrected chi connectivity index (χ0v) is 21.6. The Morgan fingerprint density at radius 2 is 1.82 bits per heavy atom. The van der Waals surface area contributed by atoms with Crippen LogP contribution in [0, 0.1) is 5.41 Å². The van der Waals surface area contributed by atoms with E-state index in [0.29, 0.717) is 11.5 Å². The molecule has 0 amide bonds. The minimum absolute atomic E-state index is 0.101. The number of thiocarbonyl (C=S) groups is 1. The number of rotatable bonds is 2. The number of Topliss-reactive ketones (excluding diaryl/α,β-unsaturated/α-hetero) is 1. The lowest BCUT2D eigenvalue weighted by atomic mass is 9.74. The Labute approximate surface area is 211 Å². The van der Waals surface area contributed by atoms with Crippen molar-refractivity contribution in [1.82, 2.24) is 0 Å². The third-order valence-electron chi connectivity index (χ3n) is 6.01. The van der Waals surface area contributed by atoms with Crippen molar-refractivity contribution in [3.63, 3.8) is 0 Å². The van der Waals surface area contributed by atoms with Gasteiger partial charge in [-0.2, -0.15) is 0 Å². The second-order valence-electron chi connectivity index (χ2n) is 9.19. The Morgan fingerprint density at radius 1 is 1.09 bits per heavy atom. The van der Waals surface area contributed by atoms with Crippen molar-refractivity contribution in [3.8, 4) is 0 Å². The number of hydrogen-bond donors (Lipinski definition) is 2. The zero-order chi connectivity index (χ0) is 23.2. The molecule has 2 N–H and O–H groups in total. The number of nitrogens with one attached hydrogen (secondary N) is 2. The van der Waals surface area contributed by atoms with Crippen LogP contribution in [-0.2, 0) is 4.79 Å². The number of fused-ring (bicyclic) bond motifs is 1. The first-order valence-corrected chi connectivity index (χ1v) is 12.9. The standard InChI is InChI=1S/C26H24BrN3OS2/c1-26(2)14-18-23(20(31)15-26)24(21-12-13-22(27)33-21)30(19-11-7-6-10-17(19)29-18)25(32)28-16-8-4-3-5-9-16/h3-13,24,29H,14-15H2,1-2H3,(H,28,32)/t24-/m1/s1. The molecular formula is C26H24BrN3OS2. The van der Waals surface area contributed by atoms with Gasteiger partial charge in [0.05, 0.1) is 15.2 Å². The van der Waals surface area contributed by atoms with Gasteiger partial charge in [0, 0.05) is 28.3 Å². The van der Waals surface area contributed by atoms with Gasteiger partial charge in [-0.3, -0.25) is 4.79 Å². The Bertz CT molecular complexity index is 1270. The van der Waals surface area contributed by atoms with Crippen LogP contribution in [0.4, 0.5) is 17.1 Å². The van der Waals surface area contributed by atoms with Gasteiger partial charge >= 0.3 is 0 Å². The maximum atomic E-state index is 13.7. The van der Waals surface area contributed by atoms with Crippen molar-refractivity contribution in [1.29, 1.82) is 0 Å². The summed E-state index contributed by atoms with van der Waals surface area (Å²) in [6, 6.07) is 21.8. The number of halogens is 1. The summed E-state index contributed by atoms with van der Waals surface area (Å²) >= 11 is 11.3. The van der Waals surface area contributed by atoms with Gasteiger partial charge < -0.3 is 15.5 Å². The van der Waals surface area contributed by atoms with E-state index in [9.17, 15) is 4.79 Å². The number of hydrogen-bond acceptors (Lipinski definition) is 4. The number of thiophene rings is 1. The smallest absolute Gasteiger partial charge is 0.178 e. The Morgan fingerprint density at radius 3 is 2.55 bits per heavy atom. The number of carbonyl (C=O) groups is 1. The topological polar surface area (TPSA) is 44.4 Å². The number of para-hydroxylation sites is 3. The molecule has 168 valence electrons. The van der Waals surface area contributed by atoms with Crippen molar-refractivity contribution < 1.29 is 4.79 Å². The van der Waals surface area contributed by atoms with E-state index in [0.717, 1.165) is 43.4 Å². The third kappa shape index (κ3) is 4.37. The predicted molar refractivity (Wildman–Crippen MR) is 145 cm³/mol. The third-order valence-corrected chi connectivity index (χ3v) is 7.98. The van der Waals surface area contributed by atoms with Crippen molar-refractivity contribution in [2.75, 3.05) is 15.5 Å². The molecule has 7 heteroatoms. The van der Waals surface area contributed by atoms with E-state index in [4.69, 9.17) is 12.2 Å². The number of allylic oxidation sites excluding steroid dienone is 1. The molecule has 2 aromatic carbocycles. The molecule has 1 aliphatic carbocycles. The largest absolute Gasteiger partial charge is 0.357 e. The zero-order valence-electron chi connectivity index (χ0n) is 18.4. The first-order chi connectivity index (χ1) is 15.8. The fraction of sp³-hybridized carbons (Fsp3) is 0.231. The Kier molecular flexibility index (Phi) is 5.89. The summed E-state index contributed by atoms with van der Waals surface area (Å²) in [6.45, 7) is 4.31.